The van der Waals surface area contributed by atoms with Gasteiger partial charge in [0.05, 0.1) is 5.41 Å². The Labute approximate surface area is 181 Å². The van der Waals surface area contributed by atoms with E-state index in [1.54, 1.807) is 30.3 Å². The number of aromatic nitrogens is 5. The molecule has 7 nitrogen and oxygen atoms in total. The normalized spacial score (nSPS) is 14.3. The number of tetrazole rings is 1. The molecule has 0 radical (unpaired) electrons. The molecule has 5 rings (SSSR count). The third kappa shape index (κ3) is 3.66. The molecule has 1 amide bonds. The van der Waals surface area contributed by atoms with Crippen molar-refractivity contribution in [3.8, 4) is 22.5 Å². The third-order valence-corrected chi connectivity index (χ3v) is 5.70. The monoisotopic (exact) mass is 434 g/mol. The molecule has 4 aromatic rings. The minimum absolute atomic E-state index is 0.100. The highest BCUT2D eigenvalue weighted by Crippen LogP contribution is 2.49. The number of amides is 1. The maximum absolute atomic E-state index is 13.7. The Morgan fingerprint density at radius 2 is 1.97 bits per heavy atom. The van der Waals surface area contributed by atoms with Crippen molar-refractivity contribution in [1.29, 1.82) is 0 Å². The number of carbonyl (C=O) groups is 1. The van der Waals surface area contributed by atoms with Crippen molar-refractivity contribution >= 4 is 23.2 Å². The second kappa shape index (κ2) is 7.55. The Morgan fingerprint density at radius 3 is 2.68 bits per heavy atom. The quantitative estimate of drug-likeness (QED) is 0.454. The van der Waals surface area contributed by atoms with Gasteiger partial charge in [-0.15, -0.1) is 10.2 Å². The van der Waals surface area contributed by atoms with Crippen molar-refractivity contribution in [1.82, 2.24) is 25.6 Å². The number of rotatable bonds is 5. The topological polar surface area (TPSA) is 96.5 Å². The Hall–Kier alpha value is -3.65. The van der Waals surface area contributed by atoms with E-state index in [0.717, 1.165) is 18.4 Å². The van der Waals surface area contributed by atoms with Crippen LogP contribution in [0.3, 0.4) is 0 Å². The van der Waals surface area contributed by atoms with Crippen LogP contribution in [0, 0.1) is 5.95 Å². The molecule has 1 fully saturated rings. The van der Waals surface area contributed by atoms with Crippen molar-refractivity contribution in [2.24, 2.45) is 0 Å². The number of nitrogens with one attached hydrogen (secondary N) is 2. The summed E-state index contributed by atoms with van der Waals surface area (Å²) in [6.45, 7) is 0. The Kier molecular flexibility index (Phi) is 4.71. The average Bonchev–Trinajstić information content (AvgIpc) is 3.41. The number of hydrogen-bond acceptors (Lipinski definition) is 5. The van der Waals surface area contributed by atoms with Gasteiger partial charge < -0.3 is 5.32 Å². The van der Waals surface area contributed by atoms with Crippen LogP contribution < -0.4 is 5.32 Å². The van der Waals surface area contributed by atoms with E-state index in [2.05, 4.69) is 30.9 Å². The van der Waals surface area contributed by atoms with Crippen LogP contribution in [-0.4, -0.2) is 31.5 Å². The lowest BCUT2D eigenvalue weighted by molar-refractivity contribution is -0.118. The third-order valence-electron chi connectivity index (χ3n) is 5.46. The van der Waals surface area contributed by atoms with E-state index < -0.39 is 11.4 Å². The minimum atomic E-state index is -0.592. The molecule has 2 heterocycles. The number of aromatic amines is 1. The molecule has 31 heavy (non-hydrogen) atoms. The van der Waals surface area contributed by atoms with Crippen LogP contribution in [0.4, 0.5) is 10.1 Å². The van der Waals surface area contributed by atoms with Gasteiger partial charge >= 0.3 is 0 Å². The van der Waals surface area contributed by atoms with E-state index in [0.29, 0.717) is 33.2 Å². The Morgan fingerprint density at radius 1 is 1.10 bits per heavy atom. The van der Waals surface area contributed by atoms with Gasteiger partial charge in [-0.25, -0.2) is 4.98 Å². The van der Waals surface area contributed by atoms with Crippen LogP contribution >= 0.6 is 11.6 Å². The fourth-order valence-electron chi connectivity index (χ4n) is 3.71. The predicted molar refractivity (Wildman–Crippen MR) is 114 cm³/mol. The average molecular weight is 435 g/mol. The van der Waals surface area contributed by atoms with Gasteiger partial charge in [0, 0.05) is 28.5 Å². The number of benzene rings is 2. The molecule has 0 atom stereocenters. The lowest BCUT2D eigenvalue weighted by Gasteiger charge is -2.17. The zero-order chi connectivity index (χ0) is 21.4. The molecule has 0 unspecified atom stereocenters. The second-order valence-electron chi connectivity index (χ2n) is 7.41. The Bertz CT molecular complexity index is 1270. The molecule has 1 saturated carbocycles. The van der Waals surface area contributed by atoms with E-state index in [-0.39, 0.29) is 5.91 Å². The molecule has 0 aliphatic heterocycles. The molecule has 1 aliphatic carbocycles. The highest BCUT2D eigenvalue weighted by atomic mass is 35.5. The first-order chi connectivity index (χ1) is 15.0. The number of nitrogens with zero attached hydrogens (tertiary/aromatic N) is 4. The van der Waals surface area contributed by atoms with Gasteiger partial charge in [0.2, 0.25) is 17.7 Å². The van der Waals surface area contributed by atoms with Gasteiger partial charge in [0.1, 0.15) is 0 Å². The summed E-state index contributed by atoms with van der Waals surface area (Å²) >= 11 is 6.12. The summed E-state index contributed by atoms with van der Waals surface area (Å²) in [5.74, 6) is -0.359. The van der Waals surface area contributed by atoms with Crippen molar-refractivity contribution < 1.29 is 9.18 Å². The number of carbonyl (C=O) groups excluding carboxylic acids is 1. The fraction of sp³-hybridized carbons (Fsp3) is 0.136. The molecule has 1 aliphatic rings. The molecule has 0 spiro atoms. The van der Waals surface area contributed by atoms with E-state index in [4.69, 9.17) is 11.6 Å². The summed E-state index contributed by atoms with van der Waals surface area (Å²) in [4.78, 5) is 16.7. The van der Waals surface area contributed by atoms with Crippen LogP contribution in [0.1, 0.15) is 18.4 Å². The number of H-pyrrole nitrogens is 1. The van der Waals surface area contributed by atoms with Crippen molar-refractivity contribution in [3.63, 3.8) is 0 Å². The van der Waals surface area contributed by atoms with Crippen molar-refractivity contribution in [3.05, 3.63) is 77.3 Å². The van der Waals surface area contributed by atoms with Gasteiger partial charge in [0.15, 0.2) is 0 Å². The van der Waals surface area contributed by atoms with E-state index in [1.165, 1.54) is 12.3 Å². The van der Waals surface area contributed by atoms with Gasteiger partial charge in [-0.2, -0.15) is 9.60 Å². The maximum Gasteiger partial charge on any atom is 0.235 e. The van der Waals surface area contributed by atoms with Crippen LogP contribution in [0.15, 0.2) is 60.8 Å². The number of halogens is 2. The second-order valence-corrected chi connectivity index (χ2v) is 7.85. The van der Waals surface area contributed by atoms with Crippen molar-refractivity contribution in [2.45, 2.75) is 18.3 Å². The van der Waals surface area contributed by atoms with Crippen molar-refractivity contribution in [2.75, 3.05) is 5.32 Å². The summed E-state index contributed by atoms with van der Waals surface area (Å²) in [5.41, 5.74) is 2.81. The first-order valence-electron chi connectivity index (χ1n) is 9.62. The molecule has 154 valence electrons. The predicted octanol–water partition coefficient (Wildman–Crippen LogP) is 4.39. The molecular formula is C22H16ClFN6O. The van der Waals surface area contributed by atoms with Crippen LogP contribution in [-0.2, 0) is 10.2 Å². The maximum atomic E-state index is 13.7. The zero-order valence-electron chi connectivity index (χ0n) is 16.1. The van der Waals surface area contributed by atoms with Gasteiger partial charge in [-0.3, -0.25) is 4.79 Å². The van der Waals surface area contributed by atoms with E-state index >= 15 is 0 Å². The first kappa shape index (κ1) is 19.3. The molecule has 2 aromatic carbocycles. The zero-order valence-corrected chi connectivity index (χ0v) is 16.9. The van der Waals surface area contributed by atoms with Gasteiger partial charge in [-0.05, 0) is 65.1 Å². The summed E-state index contributed by atoms with van der Waals surface area (Å²) in [7, 11) is 0. The van der Waals surface area contributed by atoms with Gasteiger partial charge in [0.25, 0.3) is 0 Å². The lowest BCUT2D eigenvalue weighted by Crippen LogP contribution is -2.27. The molecule has 2 aromatic heterocycles. The van der Waals surface area contributed by atoms with Crippen LogP contribution in [0.5, 0.6) is 0 Å². The summed E-state index contributed by atoms with van der Waals surface area (Å²) in [6, 6.07) is 15.7. The number of pyridine rings is 1. The Balaban J connectivity index is 1.49. The molecule has 2 N–H and O–H groups in total. The number of anilines is 1. The smallest absolute Gasteiger partial charge is 0.235 e. The summed E-state index contributed by atoms with van der Waals surface area (Å²) in [5, 5.41) is 17.7. The SMILES string of the molecule is O=C(Nc1ccc(-c2ccnc(F)c2)c(-c2nn[nH]n2)c1)C1(c2cccc(Cl)c2)CC1. The van der Waals surface area contributed by atoms with Crippen LogP contribution in [0.2, 0.25) is 5.02 Å². The largest absolute Gasteiger partial charge is 0.325 e. The fourth-order valence-corrected chi connectivity index (χ4v) is 3.90. The van der Waals surface area contributed by atoms with E-state index in [1.807, 2.05) is 18.2 Å². The highest BCUT2D eigenvalue weighted by Gasteiger charge is 2.51. The highest BCUT2D eigenvalue weighted by molar-refractivity contribution is 6.30. The van der Waals surface area contributed by atoms with Gasteiger partial charge in [-0.1, -0.05) is 29.8 Å². The number of hydrogen-bond donors (Lipinski definition) is 2. The molecule has 0 bridgehead atoms. The standard InChI is InChI=1S/C22H16ClFN6O/c23-15-3-1-2-14(11-15)22(7-8-22)21(31)26-16-4-5-17(13-6-9-25-19(24)10-13)18(12-16)20-27-29-30-28-20/h1-6,9-12H,7-8H2,(H,26,31)(H,27,28,29,30). The van der Waals surface area contributed by atoms with E-state index in [9.17, 15) is 9.18 Å². The lowest BCUT2D eigenvalue weighted by atomic mass is 9.94. The minimum Gasteiger partial charge on any atom is -0.325 e. The molecule has 9 heteroatoms. The molecular weight excluding hydrogens is 419 g/mol. The molecule has 0 saturated heterocycles. The summed E-state index contributed by atoms with van der Waals surface area (Å²) in [6.07, 6.45) is 2.90. The first-order valence-corrected chi connectivity index (χ1v) is 10.0. The summed E-state index contributed by atoms with van der Waals surface area (Å²) < 4.78 is 13.7. The van der Waals surface area contributed by atoms with Crippen LogP contribution in [0.25, 0.3) is 22.5 Å².